The third kappa shape index (κ3) is 2.49. The molecule has 0 radical (unpaired) electrons. The molecule has 0 spiro atoms. The lowest BCUT2D eigenvalue weighted by molar-refractivity contribution is 0.0521. The maximum absolute atomic E-state index is 11.9. The van der Waals surface area contributed by atoms with Crippen LogP contribution in [0.25, 0.3) is 5.69 Å². The molecule has 0 fully saturated rings. The molecule has 0 aliphatic carbocycles. The molecule has 1 aromatic carbocycles. The van der Waals surface area contributed by atoms with Gasteiger partial charge in [0, 0.05) is 6.42 Å². The van der Waals surface area contributed by atoms with E-state index in [2.05, 4.69) is 4.98 Å². The van der Waals surface area contributed by atoms with Crippen molar-refractivity contribution in [2.24, 2.45) is 0 Å². The zero-order valence-electron chi connectivity index (χ0n) is 11.4. The van der Waals surface area contributed by atoms with Crippen LogP contribution in [0.2, 0.25) is 5.02 Å². The summed E-state index contributed by atoms with van der Waals surface area (Å²) in [5.74, 6) is 0.387. The Morgan fingerprint density at radius 2 is 2.10 bits per heavy atom. The molecule has 2 aromatic rings. The van der Waals surface area contributed by atoms with Crippen LogP contribution in [0.3, 0.4) is 0 Å². The van der Waals surface area contributed by atoms with Gasteiger partial charge in [0.15, 0.2) is 5.69 Å². The lowest BCUT2D eigenvalue weighted by atomic mass is 10.3. The Labute approximate surface area is 122 Å². The lowest BCUT2D eigenvalue weighted by Gasteiger charge is -2.10. The van der Waals surface area contributed by atoms with Gasteiger partial charge in [0.25, 0.3) is 0 Å². The van der Waals surface area contributed by atoms with E-state index >= 15 is 0 Å². The van der Waals surface area contributed by atoms with Gasteiger partial charge in [0.05, 0.1) is 17.3 Å². The molecule has 5 nitrogen and oxygen atoms in total. The second-order valence-electron chi connectivity index (χ2n) is 4.12. The normalized spacial score (nSPS) is 10.6. The van der Waals surface area contributed by atoms with Crippen molar-refractivity contribution in [2.75, 3.05) is 12.3 Å². The molecular formula is C14H16ClN3O2. The summed E-state index contributed by atoms with van der Waals surface area (Å²) in [4.78, 5) is 16.1. The predicted octanol–water partition coefficient (Wildman–Crippen LogP) is 2.85. The summed E-state index contributed by atoms with van der Waals surface area (Å²) in [5, 5.41) is 0.543. The van der Waals surface area contributed by atoms with Gasteiger partial charge in [-0.3, -0.25) is 4.57 Å². The number of hydrogen-bond donors (Lipinski definition) is 1. The van der Waals surface area contributed by atoms with Crippen LogP contribution in [0.1, 0.15) is 30.2 Å². The Bertz CT molecular complexity index is 637. The first kappa shape index (κ1) is 14.4. The Morgan fingerprint density at radius 3 is 2.70 bits per heavy atom. The number of ether oxygens (including phenoxy) is 1. The molecule has 0 saturated heterocycles. The highest BCUT2D eigenvalue weighted by atomic mass is 35.5. The van der Waals surface area contributed by atoms with E-state index in [4.69, 9.17) is 22.1 Å². The van der Waals surface area contributed by atoms with Crippen molar-refractivity contribution in [3.8, 4) is 5.69 Å². The van der Waals surface area contributed by atoms with Crippen molar-refractivity contribution >= 4 is 23.4 Å². The SMILES string of the molecule is CCOC(=O)c1nc(CC)n(-c2ccccc2Cl)c1N. The number of aryl methyl sites for hydroxylation is 1. The summed E-state index contributed by atoms with van der Waals surface area (Å²) in [6, 6.07) is 7.27. The molecule has 20 heavy (non-hydrogen) atoms. The summed E-state index contributed by atoms with van der Waals surface area (Å²) in [7, 11) is 0. The van der Waals surface area contributed by atoms with Crippen molar-refractivity contribution in [3.05, 3.63) is 40.8 Å². The molecule has 2 rings (SSSR count). The first-order valence-corrected chi connectivity index (χ1v) is 6.77. The first-order valence-electron chi connectivity index (χ1n) is 6.39. The highest BCUT2D eigenvalue weighted by Gasteiger charge is 2.22. The smallest absolute Gasteiger partial charge is 0.360 e. The molecule has 0 aliphatic rings. The number of para-hydroxylation sites is 1. The molecular weight excluding hydrogens is 278 g/mol. The number of carbonyl (C=O) groups excluding carboxylic acids is 1. The second-order valence-corrected chi connectivity index (χ2v) is 4.53. The molecule has 0 aliphatic heterocycles. The molecule has 6 heteroatoms. The average molecular weight is 294 g/mol. The van der Waals surface area contributed by atoms with Crippen molar-refractivity contribution < 1.29 is 9.53 Å². The van der Waals surface area contributed by atoms with Crippen LogP contribution < -0.4 is 5.73 Å². The number of benzene rings is 1. The number of rotatable bonds is 4. The minimum Gasteiger partial charge on any atom is -0.461 e. The number of imidazole rings is 1. The topological polar surface area (TPSA) is 70.1 Å². The Kier molecular flexibility index (Phi) is 4.29. The number of halogens is 1. The lowest BCUT2D eigenvalue weighted by Crippen LogP contribution is -2.09. The van der Waals surface area contributed by atoms with Gasteiger partial charge < -0.3 is 10.5 Å². The van der Waals surface area contributed by atoms with Gasteiger partial charge in [0.2, 0.25) is 0 Å². The number of nitrogens with zero attached hydrogens (tertiary/aromatic N) is 2. The maximum Gasteiger partial charge on any atom is 0.360 e. The molecule has 2 N–H and O–H groups in total. The highest BCUT2D eigenvalue weighted by Crippen LogP contribution is 2.27. The van der Waals surface area contributed by atoms with Crippen LogP contribution in [-0.2, 0) is 11.2 Å². The Balaban J connectivity index is 2.59. The van der Waals surface area contributed by atoms with Crippen LogP contribution in [0.15, 0.2) is 24.3 Å². The summed E-state index contributed by atoms with van der Waals surface area (Å²) >= 11 is 6.19. The van der Waals surface area contributed by atoms with Gasteiger partial charge in [-0.15, -0.1) is 0 Å². The van der Waals surface area contributed by atoms with Gasteiger partial charge in [-0.05, 0) is 19.1 Å². The molecule has 1 aromatic heterocycles. The van der Waals surface area contributed by atoms with Crippen molar-refractivity contribution in [2.45, 2.75) is 20.3 Å². The fraction of sp³-hybridized carbons (Fsp3) is 0.286. The molecule has 0 bridgehead atoms. The first-order chi connectivity index (χ1) is 9.60. The molecule has 0 amide bonds. The number of nitrogen functional groups attached to an aromatic ring is 1. The van der Waals surface area contributed by atoms with Gasteiger partial charge in [-0.25, -0.2) is 9.78 Å². The predicted molar refractivity (Wildman–Crippen MR) is 78.3 cm³/mol. The fourth-order valence-electron chi connectivity index (χ4n) is 1.97. The Hall–Kier alpha value is -2.01. The number of esters is 1. The van der Waals surface area contributed by atoms with Crippen LogP contribution in [0, 0.1) is 0 Å². The summed E-state index contributed by atoms with van der Waals surface area (Å²) in [5.41, 5.74) is 6.88. The zero-order chi connectivity index (χ0) is 14.7. The number of hydrogen-bond acceptors (Lipinski definition) is 4. The zero-order valence-corrected chi connectivity index (χ0v) is 12.1. The third-order valence-corrected chi connectivity index (χ3v) is 3.18. The van der Waals surface area contributed by atoms with Crippen LogP contribution in [0.5, 0.6) is 0 Å². The number of anilines is 1. The van der Waals surface area contributed by atoms with E-state index in [1.165, 1.54) is 0 Å². The van der Waals surface area contributed by atoms with Gasteiger partial charge >= 0.3 is 5.97 Å². The van der Waals surface area contributed by atoms with Crippen LogP contribution >= 0.6 is 11.6 Å². The molecule has 0 atom stereocenters. The van der Waals surface area contributed by atoms with Gasteiger partial charge in [-0.2, -0.15) is 0 Å². The van der Waals surface area contributed by atoms with Gasteiger partial charge in [0.1, 0.15) is 11.6 Å². The highest BCUT2D eigenvalue weighted by molar-refractivity contribution is 6.32. The van der Waals surface area contributed by atoms with Crippen LogP contribution in [-0.4, -0.2) is 22.1 Å². The van der Waals surface area contributed by atoms with E-state index in [0.29, 0.717) is 23.0 Å². The van der Waals surface area contributed by atoms with Crippen molar-refractivity contribution in [1.82, 2.24) is 9.55 Å². The van der Waals surface area contributed by atoms with E-state index in [1.807, 2.05) is 25.1 Å². The summed E-state index contributed by atoms with van der Waals surface area (Å²) < 4.78 is 6.65. The summed E-state index contributed by atoms with van der Waals surface area (Å²) in [6.45, 7) is 3.95. The quantitative estimate of drug-likeness (QED) is 0.880. The van der Waals surface area contributed by atoms with E-state index in [0.717, 1.165) is 0 Å². The standard InChI is InChI=1S/C14H16ClN3O2/c1-3-11-17-12(14(19)20-4-2)13(16)18(11)10-8-6-5-7-9(10)15/h5-8H,3-4,16H2,1-2H3. The van der Waals surface area contributed by atoms with Crippen molar-refractivity contribution in [3.63, 3.8) is 0 Å². The minimum atomic E-state index is -0.523. The fourth-order valence-corrected chi connectivity index (χ4v) is 2.19. The largest absolute Gasteiger partial charge is 0.461 e. The number of nitrogens with two attached hydrogens (primary N) is 1. The monoisotopic (exact) mass is 293 g/mol. The minimum absolute atomic E-state index is 0.128. The second kappa shape index (κ2) is 5.96. The van der Waals surface area contributed by atoms with Crippen LogP contribution in [0.4, 0.5) is 5.82 Å². The third-order valence-electron chi connectivity index (χ3n) is 2.86. The van der Waals surface area contributed by atoms with Crippen molar-refractivity contribution in [1.29, 1.82) is 0 Å². The van der Waals surface area contributed by atoms with E-state index in [9.17, 15) is 4.79 Å². The number of aromatic nitrogens is 2. The van der Waals surface area contributed by atoms with E-state index in [-0.39, 0.29) is 18.1 Å². The molecule has 1 heterocycles. The van der Waals surface area contributed by atoms with E-state index in [1.54, 1.807) is 17.6 Å². The number of carbonyl (C=O) groups is 1. The molecule has 0 saturated carbocycles. The maximum atomic E-state index is 11.9. The molecule has 106 valence electrons. The van der Waals surface area contributed by atoms with E-state index < -0.39 is 5.97 Å². The van der Waals surface area contributed by atoms with Gasteiger partial charge in [-0.1, -0.05) is 30.7 Å². The molecule has 0 unspecified atom stereocenters. The summed E-state index contributed by atoms with van der Waals surface area (Å²) in [6.07, 6.45) is 0.620. The Morgan fingerprint density at radius 1 is 1.40 bits per heavy atom. The average Bonchev–Trinajstić information content (AvgIpc) is 2.77.